The van der Waals surface area contributed by atoms with Crippen LogP contribution >= 0.6 is 0 Å². The highest BCUT2D eigenvalue weighted by Crippen LogP contribution is 2.27. The van der Waals surface area contributed by atoms with Crippen LogP contribution in [-0.2, 0) is 6.54 Å². The van der Waals surface area contributed by atoms with Gasteiger partial charge in [-0.2, -0.15) is 0 Å². The molecule has 0 aliphatic rings. The van der Waals surface area contributed by atoms with E-state index < -0.39 is 0 Å². The smallest absolute Gasteiger partial charge is 0.251 e. The molecule has 0 unspecified atom stereocenters. The molecule has 0 radical (unpaired) electrons. The Labute approximate surface area is 166 Å². The zero-order valence-corrected chi connectivity index (χ0v) is 16.9. The third kappa shape index (κ3) is 6.01. The van der Waals surface area contributed by atoms with E-state index in [0.29, 0.717) is 41.6 Å². The van der Waals surface area contributed by atoms with Crippen molar-refractivity contribution in [2.45, 2.75) is 26.8 Å². The topological polar surface area (TPSA) is 76.7 Å². The van der Waals surface area contributed by atoms with E-state index in [-0.39, 0.29) is 11.8 Å². The quantitative estimate of drug-likeness (QED) is 0.695. The molecule has 2 amide bonds. The molecule has 0 heterocycles. The number of nitrogens with one attached hydrogen (secondary N) is 2. The van der Waals surface area contributed by atoms with Crippen molar-refractivity contribution in [3.8, 4) is 11.5 Å². The number of methoxy groups -OCH3 is 2. The highest BCUT2D eigenvalue weighted by Gasteiger charge is 2.11. The molecular weight excluding hydrogens is 356 g/mol. The van der Waals surface area contributed by atoms with Gasteiger partial charge in [0.25, 0.3) is 11.8 Å². The van der Waals surface area contributed by atoms with Gasteiger partial charge in [-0.3, -0.25) is 9.59 Å². The Morgan fingerprint density at radius 3 is 2.14 bits per heavy atom. The lowest BCUT2D eigenvalue weighted by Crippen LogP contribution is -2.26. The second-order valence-corrected chi connectivity index (χ2v) is 6.89. The van der Waals surface area contributed by atoms with E-state index in [1.165, 1.54) is 0 Å². The Bertz CT molecular complexity index is 818. The molecule has 6 heteroatoms. The number of rotatable bonds is 9. The van der Waals surface area contributed by atoms with Crippen molar-refractivity contribution in [2.24, 2.45) is 5.92 Å². The third-order valence-corrected chi connectivity index (χ3v) is 4.30. The first-order valence-electron chi connectivity index (χ1n) is 9.32. The molecular formula is C22H28N2O4. The molecule has 2 aromatic rings. The minimum Gasteiger partial charge on any atom is -0.493 e. The van der Waals surface area contributed by atoms with Crippen molar-refractivity contribution in [1.82, 2.24) is 10.6 Å². The highest BCUT2D eigenvalue weighted by atomic mass is 16.5. The molecule has 6 nitrogen and oxygen atoms in total. The van der Waals surface area contributed by atoms with Gasteiger partial charge in [0.05, 0.1) is 14.2 Å². The van der Waals surface area contributed by atoms with Crippen LogP contribution in [0.3, 0.4) is 0 Å². The van der Waals surface area contributed by atoms with Crippen LogP contribution in [0, 0.1) is 5.92 Å². The minimum atomic E-state index is -0.244. The summed E-state index contributed by atoms with van der Waals surface area (Å²) in [6.07, 6.45) is 0.914. The minimum absolute atomic E-state index is 0.171. The molecule has 28 heavy (non-hydrogen) atoms. The molecule has 0 aliphatic carbocycles. The van der Waals surface area contributed by atoms with E-state index in [0.717, 1.165) is 12.0 Å². The summed E-state index contributed by atoms with van der Waals surface area (Å²) in [5, 5.41) is 5.74. The predicted octanol–water partition coefficient (Wildman–Crippen LogP) is 3.41. The van der Waals surface area contributed by atoms with Crippen LogP contribution in [0.15, 0.2) is 42.5 Å². The second-order valence-electron chi connectivity index (χ2n) is 6.89. The lowest BCUT2D eigenvalue weighted by Gasteiger charge is -2.11. The Hall–Kier alpha value is -3.02. The van der Waals surface area contributed by atoms with Crippen LogP contribution < -0.4 is 20.1 Å². The molecule has 2 rings (SSSR count). The second kappa shape index (κ2) is 10.3. The molecule has 0 spiro atoms. The number of benzene rings is 2. The van der Waals surface area contributed by atoms with E-state index in [1.807, 2.05) is 12.1 Å². The van der Waals surface area contributed by atoms with Crippen LogP contribution in [0.4, 0.5) is 0 Å². The molecule has 2 N–H and O–H groups in total. The summed E-state index contributed by atoms with van der Waals surface area (Å²) in [7, 11) is 3.14. The maximum Gasteiger partial charge on any atom is 0.251 e. The molecule has 0 bridgehead atoms. The van der Waals surface area contributed by atoms with Gasteiger partial charge in [-0.25, -0.2) is 0 Å². The zero-order chi connectivity index (χ0) is 20.5. The van der Waals surface area contributed by atoms with Crippen molar-refractivity contribution >= 4 is 11.8 Å². The Balaban J connectivity index is 1.98. The normalized spacial score (nSPS) is 10.5. The van der Waals surface area contributed by atoms with Crippen molar-refractivity contribution < 1.29 is 19.1 Å². The van der Waals surface area contributed by atoms with Gasteiger partial charge in [0.1, 0.15) is 0 Å². The van der Waals surface area contributed by atoms with Crippen molar-refractivity contribution in [1.29, 1.82) is 0 Å². The van der Waals surface area contributed by atoms with Gasteiger partial charge in [0.2, 0.25) is 0 Å². The number of carbonyl (C=O) groups is 2. The van der Waals surface area contributed by atoms with Gasteiger partial charge in [-0.1, -0.05) is 26.0 Å². The zero-order valence-electron chi connectivity index (χ0n) is 16.9. The summed E-state index contributed by atoms with van der Waals surface area (Å²) in [6.45, 7) is 5.17. The van der Waals surface area contributed by atoms with Crippen LogP contribution in [0.2, 0.25) is 0 Å². The third-order valence-electron chi connectivity index (χ3n) is 4.30. The van der Waals surface area contributed by atoms with Crippen LogP contribution in [0.5, 0.6) is 11.5 Å². The molecule has 2 aromatic carbocycles. The van der Waals surface area contributed by atoms with Crippen LogP contribution in [0.25, 0.3) is 0 Å². The molecule has 0 aromatic heterocycles. The fourth-order valence-electron chi connectivity index (χ4n) is 2.65. The fraction of sp³-hybridized carbons (Fsp3) is 0.364. The molecule has 0 atom stereocenters. The highest BCUT2D eigenvalue weighted by molar-refractivity contribution is 5.99. The van der Waals surface area contributed by atoms with Gasteiger partial charge in [-0.15, -0.1) is 0 Å². The predicted molar refractivity (Wildman–Crippen MR) is 109 cm³/mol. The van der Waals surface area contributed by atoms with E-state index in [1.54, 1.807) is 44.6 Å². The summed E-state index contributed by atoms with van der Waals surface area (Å²) >= 11 is 0. The van der Waals surface area contributed by atoms with Gasteiger partial charge in [0.15, 0.2) is 11.5 Å². The fourth-order valence-corrected chi connectivity index (χ4v) is 2.65. The lowest BCUT2D eigenvalue weighted by molar-refractivity contribution is 0.0950. The Kier molecular flexibility index (Phi) is 7.87. The average molecular weight is 384 g/mol. The summed E-state index contributed by atoms with van der Waals surface area (Å²) in [5.74, 6) is 1.35. The van der Waals surface area contributed by atoms with E-state index in [4.69, 9.17) is 9.47 Å². The Morgan fingerprint density at radius 1 is 0.893 bits per heavy atom. The lowest BCUT2D eigenvalue weighted by atomic mass is 10.1. The van der Waals surface area contributed by atoms with Crippen molar-refractivity contribution in [3.63, 3.8) is 0 Å². The summed E-state index contributed by atoms with van der Waals surface area (Å²) in [4.78, 5) is 24.7. The van der Waals surface area contributed by atoms with Gasteiger partial charge < -0.3 is 20.1 Å². The maximum atomic E-state index is 12.5. The van der Waals surface area contributed by atoms with Crippen LogP contribution in [-0.4, -0.2) is 32.6 Å². The first kappa shape index (κ1) is 21.3. The van der Waals surface area contributed by atoms with Gasteiger partial charge in [-0.05, 0) is 48.2 Å². The first-order chi connectivity index (χ1) is 13.4. The molecule has 0 saturated carbocycles. The molecule has 150 valence electrons. The van der Waals surface area contributed by atoms with Crippen LogP contribution in [0.1, 0.15) is 46.5 Å². The number of amides is 2. The standard InChI is InChI=1S/C22H28N2O4/c1-15(2)10-11-23-21(25)17-6-5-7-18(13-17)22(26)24-14-16-8-9-19(27-3)20(12-16)28-4/h5-9,12-13,15H,10-11,14H2,1-4H3,(H,23,25)(H,24,26). The number of ether oxygens (including phenoxy) is 2. The molecule has 0 saturated heterocycles. The first-order valence-corrected chi connectivity index (χ1v) is 9.32. The Morgan fingerprint density at radius 2 is 1.54 bits per heavy atom. The average Bonchev–Trinajstić information content (AvgIpc) is 2.71. The van der Waals surface area contributed by atoms with E-state index in [9.17, 15) is 9.59 Å². The summed E-state index contributed by atoms with van der Waals surface area (Å²) in [5.41, 5.74) is 1.80. The van der Waals surface area contributed by atoms with E-state index >= 15 is 0 Å². The SMILES string of the molecule is COc1ccc(CNC(=O)c2cccc(C(=O)NCCC(C)C)c2)cc1OC. The van der Waals surface area contributed by atoms with E-state index in [2.05, 4.69) is 24.5 Å². The number of hydrogen-bond donors (Lipinski definition) is 2. The maximum absolute atomic E-state index is 12.5. The number of carbonyl (C=O) groups excluding carboxylic acids is 2. The molecule has 0 fully saturated rings. The van der Waals surface area contributed by atoms with Crippen molar-refractivity contribution in [3.05, 3.63) is 59.2 Å². The number of hydrogen-bond acceptors (Lipinski definition) is 4. The van der Waals surface area contributed by atoms with Crippen molar-refractivity contribution in [2.75, 3.05) is 20.8 Å². The monoisotopic (exact) mass is 384 g/mol. The molecule has 0 aliphatic heterocycles. The van der Waals surface area contributed by atoms with Gasteiger partial charge in [0, 0.05) is 24.2 Å². The van der Waals surface area contributed by atoms with Gasteiger partial charge >= 0.3 is 0 Å². The largest absolute Gasteiger partial charge is 0.493 e. The summed E-state index contributed by atoms with van der Waals surface area (Å²) in [6, 6.07) is 12.2. The summed E-state index contributed by atoms with van der Waals surface area (Å²) < 4.78 is 10.5.